The lowest BCUT2D eigenvalue weighted by Crippen LogP contribution is -2.23. The van der Waals surface area contributed by atoms with Crippen molar-refractivity contribution in [2.24, 2.45) is 5.41 Å². The van der Waals surface area contributed by atoms with Crippen LogP contribution in [0.4, 0.5) is 17.6 Å². The summed E-state index contributed by atoms with van der Waals surface area (Å²) in [5, 5.41) is 6.64. The van der Waals surface area contributed by atoms with Crippen molar-refractivity contribution >= 4 is 17.6 Å². The Bertz CT molecular complexity index is 417. The summed E-state index contributed by atoms with van der Waals surface area (Å²) in [5.41, 5.74) is 6.02. The van der Waals surface area contributed by atoms with Gasteiger partial charge in [0.05, 0.1) is 0 Å². The van der Waals surface area contributed by atoms with Gasteiger partial charge >= 0.3 is 0 Å². The van der Waals surface area contributed by atoms with E-state index in [1.807, 2.05) is 6.07 Å². The highest BCUT2D eigenvalue weighted by atomic mass is 15.1. The van der Waals surface area contributed by atoms with E-state index < -0.39 is 0 Å². The molecular formula is C16H31N5. The molecule has 1 aromatic heterocycles. The molecule has 1 rings (SSSR count). The summed E-state index contributed by atoms with van der Waals surface area (Å²) in [5.74, 6) is 1.89. The second kappa shape index (κ2) is 8.70. The van der Waals surface area contributed by atoms with E-state index in [4.69, 9.17) is 5.73 Å². The minimum absolute atomic E-state index is 0.256. The molecule has 0 unspecified atom stereocenters. The number of rotatable bonds is 10. The predicted octanol–water partition coefficient (Wildman–Crippen LogP) is 3.90. The number of nitrogens with zero attached hydrogens (tertiary/aromatic N) is 2. The van der Waals surface area contributed by atoms with Gasteiger partial charge in [-0.2, -0.15) is 9.97 Å². The maximum Gasteiger partial charge on any atom is 0.223 e. The monoisotopic (exact) mass is 293 g/mol. The Hall–Kier alpha value is -1.52. The Labute approximate surface area is 129 Å². The molecule has 4 N–H and O–H groups in total. The molecule has 5 heteroatoms. The van der Waals surface area contributed by atoms with Crippen LogP contribution >= 0.6 is 0 Å². The van der Waals surface area contributed by atoms with Crippen LogP contribution in [0.15, 0.2) is 6.07 Å². The van der Waals surface area contributed by atoms with Gasteiger partial charge in [-0.3, -0.25) is 0 Å². The number of hydrogen-bond donors (Lipinski definition) is 3. The van der Waals surface area contributed by atoms with Crippen molar-refractivity contribution in [3.63, 3.8) is 0 Å². The molecule has 0 saturated heterocycles. The van der Waals surface area contributed by atoms with Gasteiger partial charge in [0.2, 0.25) is 5.95 Å². The highest BCUT2D eigenvalue weighted by molar-refractivity contribution is 5.51. The Morgan fingerprint density at radius 1 is 1.05 bits per heavy atom. The molecule has 0 bridgehead atoms. The first-order valence-electron chi connectivity index (χ1n) is 8.09. The third-order valence-corrected chi connectivity index (χ3v) is 3.50. The van der Waals surface area contributed by atoms with Crippen LogP contribution in [0.1, 0.15) is 59.8 Å². The van der Waals surface area contributed by atoms with Gasteiger partial charge in [0, 0.05) is 19.2 Å². The highest BCUT2D eigenvalue weighted by Crippen LogP contribution is 2.24. The van der Waals surface area contributed by atoms with Crippen LogP contribution in [0.25, 0.3) is 0 Å². The van der Waals surface area contributed by atoms with Crippen LogP contribution in [-0.4, -0.2) is 23.1 Å². The molecular weight excluding hydrogens is 262 g/mol. The number of aromatic nitrogens is 2. The average molecular weight is 293 g/mol. The molecule has 0 radical (unpaired) electrons. The molecule has 0 fully saturated rings. The quantitative estimate of drug-likeness (QED) is 0.570. The minimum atomic E-state index is 0.256. The van der Waals surface area contributed by atoms with Crippen LogP contribution in [0.2, 0.25) is 0 Å². The molecule has 21 heavy (non-hydrogen) atoms. The van der Waals surface area contributed by atoms with Gasteiger partial charge in [0.15, 0.2) is 0 Å². The summed E-state index contributed by atoms with van der Waals surface area (Å²) in [6, 6.07) is 1.92. The zero-order valence-corrected chi connectivity index (χ0v) is 14.0. The van der Waals surface area contributed by atoms with E-state index in [-0.39, 0.29) is 5.41 Å². The summed E-state index contributed by atoms with van der Waals surface area (Å²) in [6.45, 7) is 10.7. The lowest BCUT2D eigenvalue weighted by molar-refractivity contribution is 0.342. The number of nitrogen functional groups attached to an aromatic ring is 1. The zero-order chi connectivity index (χ0) is 15.7. The van der Waals surface area contributed by atoms with Crippen molar-refractivity contribution in [1.82, 2.24) is 9.97 Å². The fourth-order valence-electron chi connectivity index (χ4n) is 2.17. The van der Waals surface area contributed by atoms with E-state index >= 15 is 0 Å². The van der Waals surface area contributed by atoms with Gasteiger partial charge in [0.25, 0.3) is 0 Å². The predicted molar refractivity (Wildman–Crippen MR) is 91.6 cm³/mol. The minimum Gasteiger partial charge on any atom is -0.370 e. The first-order chi connectivity index (χ1) is 9.96. The topological polar surface area (TPSA) is 75.9 Å². The summed E-state index contributed by atoms with van der Waals surface area (Å²) < 4.78 is 0. The fraction of sp³-hybridized carbons (Fsp3) is 0.750. The van der Waals surface area contributed by atoms with Crippen LogP contribution in [0.3, 0.4) is 0 Å². The molecule has 0 saturated carbocycles. The van der Waals surface area contributed by atoms with E-state index in [0.29, 0.717) is 5.95 Å². The molecule has 1 aromatic rings. The number of nitrogens with one attached hydrogen (secondary N) is 2. The van der Waals surface area contributed by atoms with Crippen molar-refractivity contribution < 1.29 is 0 Å². The highest BCUT2D eigenvalue weighted by Gasteiger charge is 2.17. The summed E-state index contributed by atoms with van der Waals surface area (Å²) in [7, 11) is 0. The van der Waals surface area contributed by atoms with E-state index in [2.05, 4.69) is 48.3 Å². The first-order valence-corrected chi connectivity index (χ1v) is 8.09. The SMILES string of the molecule is CCCCCC(C)(C)CNc1cc(NCCC)nc(N)n1. The Balaban J connectivity index is 2.55. The fourth-order valence-corrected chi connectivity index (χ4v) is 2.17. The normalized spacial score (nSPS) is 11.4. The summed E-state index contributed by atoms with van der Waals surface area (Å²) >= 11 is 0. The van der Waals surface area contributed by atoms with E-state index in [0.717, 1.165) is 31.1 Å². The maximum absolute atomic E-state index is 5.77. The molecule has 5 nitrogen and oxygen atoms in total. The Morgan fingerprint density at radius 2 is 1.71 bits per heavy atom. The third kappa shape index (κ3) is 7.16. The van der Waals surface area contributed by atoms with Gasteiger partial charge in [-0.1, -0.05) is 47.0 Å². The standard InChI is InChI=1S/C16H31N5/c1-5-7-8-9-16(3,4)12-19-14-11-13(18-10-6-2)20-15(17)21-14/h11H,5-10,12H2,1-4H3,(H4,17,18,19,20,21). The molecule has 0 aliphatic carbocycles. The van der Waals surface area contributed by atoms with Crippen LogP contribution < -0.4 is 16.4 Å². The second-order valence-corrected chi connectivity index (χ2v) is 6.40. The first kappa shape index (κ1) is 17.5. The molecule has 0 aliphatic heterocycles. The number of hydrogen-bond acceptors (Lipinski definition) is 5. The summed E-state index contributed by atoms with van der Waals surface area (Å²) in [4.78, 5) is 8.45. The van der Waals surface area contributed by atoms with Crippen LogP contribution in [0.5, 0.6) is 0 Å². The molecule has 0 aliphatic rings. The second-order valence-electron chi connectivity index (χ2n) is 6.40. The molecule has 0 amide bonds. The lowest BCUT2D eigenvalue weighted by Gasteiger charge is -2.25. The van der Waals surface area contributed by atoms with Crippen molar-refractivity contribution in [3.05, 3.63) is 6.07 Å². The van der Waals surface area contributed by atoms with Gasteiger partial charge in [-0.15, -0.1) is 0 Å². The van der Waals surface area contributed by atoms with Gasteiger partial charge in [-0.05, 0) is 18.3 Å². The Kier molecular flexibility index (Phi) is 7.26. The number of anilines is 3. The van der Waals surface area contributed by atoms with E-state index in [9.17, 15) is 0 Å². The third-order valence-electron chi connectivity index (χ3n) is 3.50. The van der Waals surface area contributed by atoms with E-state index in [1.165, 1.54) is 25.7 Å². The van der Waals surface area contributed by atoms with Gasteiger partial charge in [0.1, 0.15) is 11.6 Å². The van der Waals surface area contributed by atoms with Crippen LogP contribution in [-0.2, 0) is 0 Å². The van der Waals surface area contributed by atoms with Gasteiger partial charge in [-0.25, -0.2) is 0 Å². The Morgan fingerprint density at radius 3 is 2.33 bits per heavy atom. The number of nitrogens with two attached hydrogens (primary N) is 1. The van der Waals surface area contributed by atoms with E-state index in [1.54, 1.807) is 0 Å². The zero-order valence-electron chi connectivity index (χ0n) is 14.0. The lowest BCUT2D eigenvalue weighted by atomic mass is 9.87. The van der Waals surface area contributed by atoms with Crippen molar-refractivity contribution in [2.45, 2.75) is 59.8 Å². The number of unbranched alkanes of at least 4 members (excludes halogenated alkanes) is 2. The van der Waals surface area contributed by atoms with Crippen molar-refractivity contribution in [3.8, 4) is 0 Å². The maximum atomic E-state index is 5.77. The van der Waals surface area contributed by atoms with Crippen LogP contribution in [0, 0.1) is 5.41 Å². The van der Waals surface area contributed by atoms with Gasteiger partial charge < -0.3 is 16.4 Å². The molecule has 0 atom stereocenters. The molecule has 0 spiro atoms. The molecule has 1 heterocycles. The van der Waals surface area contributed by atoms with Crippen molar-refractivity contribution in [2.75, 3.05) is 29.5 Å². The summed E-state index contributed by atoms with van der Waals surface area (Å²) in [6.07, 6.45) is 6.11. The van der Waals surface area contributed by atoms with Crippen molar-refractivity contribution in [1.29, 1.82) is 0 Å². The molecule has 120 valence electrons. The largest absolute Gasteiger partial charge is 0.370 e. The average Bonchev–Trinajstić information content (AvgIpc) is 2.43. The smallest absolute Gasteiger partial charge is 0.223 e. The molecule has 0 aromatic carbocycles.